The van der Waals surface area contributed by atoms with Crippen LogP contribution in [0.1, 0.15) is 30.4 Å². The Morgan fingerprint density at radius 2 is 2.00 bits per heavy atom. The van der Waals surface area contributed by atoms with Gasteiger partial charge in [0, 0.05) is 25.7 Å². The molecule has 106 valence electrons. The summed E-state index contributed by atoms with van der Waals surface area (Å²) < 4.78 is 0. The highest BCUT2D eigenvalue weighted by atomic mass is 32.1. The van der Waals surface area contributed by atoms with Crippen LogP contribution < -0.4 is 5.73 Å². The number of anilines is 1. The maximum atomic E-state index is 12.2. The number of benzene rings is 1. The lowest BCUT2D eigenvalue weighted by molar-refractivity contribution is -0.130. The van der Waals surface area contributed by atoms with Crippen LogP contribution in [0.2, 0.25) is 0 Å². The van der Waals surface area contributed by atoms with Gasteiger partial charge in [0.2, 0.25) is 5.91 Å². The van der Waals surface area contributed by atoms with Crippen molar-refractivity contribution in [3.63, 3.8) is 0 Å². The molecule has 1 unspecified atom stereocenters. The minimum atomic E-state index is 0.167. The van der Waals surface area contributed by atoms with Crippen molar-refractivity contribution in [2.24, 2.45) is 0 Å². The van der Waals surface area contributed by atoms with Crippen molar-refractivity contribution in [3.05, 3.63) is 52.2 Å². The monoisotopic (exact) mass is 288 g/mol. The van der Waals surface area contributed by atoms with Gasteiger partial charge in [-0.25, -0.2) is 0 Å². The van der Waals surface area contributed by atoms with Crippen molar-refractivity contribution in [1.82, 2.24) is 4.90 Å². The normalized spacial score (nSPS) is 12.1. The Labute approximate surface area is 124 Å². The molecule has 1 amide bonds. The molecular formula is C16H20N2OS. The highest BCUT2D eigenvalue weighted by Crippen LogP contribution is 2.21. The van der Waals surface area contributed by atoms with Crippen molar-refractivity contribution in [3.8, 4) is 0 Å². The van der Waals surface area contributed by atoms with E-state index >= 15 is 0 Å². The molecule has 0 saturated carbocycles. The minimum absolute atomic E-state index is 0.167. The first-order chi connectivity index (χ1) is 9.56. The first-order valence-electron chi connectivity index (χ1n) is 6.66. The molecule has 1 heterocycles. The van der Waals surface area contributed by atoms with Crippen LogP contribution in [0.25, 0.3) is 0 Å². The Hall–Kier alpha value is -1.81. The van der Waals surface area contributed by atoms with Crippen molar-refractivity contribution in [2.45, 2.75) is 25.8 Å². The summed E-state index contributed by atoms with van der Waals surface area (Å²) in [4.78, 5) is 14.0. The van der Waals surface area contributed by atoms with Crippen LogP contribution in [0, 0.1) is 0 Å². The number of amides is 1. The Bertz CT molecular complexity index is 548. The number of nitrogens with two attached hydrogens (primary N) is 1. The third-order valence-electron chi connectivity index (χ3n) is 3.41. The van der Waals surface area contributed by atoms with E-state index in [1.165, 1.54) is 5.56 Å². The van der Waals surface area contributed by atoms with Gasteiger partial charge in [0.1, 0.15) is 0 Å². The summed E-state index contributed by atoms with van der Waals surface area (Å²) in [5.74, 6) is 0.369. The van der Waals surface area contributed by atoms with Crippen LogP contribution >= 0.6 is 11.3 Å². The summed E-state index contributed by atoms with van der Waals surface area (Å²) in [5, 5.41) is 4.11. The van der Waals surface area contributed by atoms with Crippen LogP contribution in [0.4, 0.5) is 5.69 Å². The quantitative estimate of drug-likeness (QED) is 0.856. The van der Waals surface area contributed by atoms with E-state index in [2.05, 4.69) is 18.4 Å². The topological polar surface area (TPSA) is 46.3 Å². The molecule has 2 aromatic rings. The Morgan fingerprint density at radius 1 is 1.30 bits per heavy atom. The predicted molar refractivity (Wildman–Crippen MR) is 84.7 cm³/mol. The largest absolute Gasteiger partial charge is 0.399 e. The number of carbonyl (C=O) groups is 1. The Balaban J connectivity index is 1.91. The number of rotatable bonds is 5. The lowest BCUT2D eigenvalue weighted by Gasteiger charge is -2.19. The van der Waals surface area contributed by atoms with E-state index in [9.17, 15) is 4.79 Å². The molecular weight excluding hydrogens is 268 g/mol. The number of thiophene rings is 1. The second-order valence-electron chi connectivity index (χ2n) is 5.15. The molecule has 1 aromatic heterocycles. The maximum absolute atomic E-state index is 12.2. The van der Waals surface area contributed by atoms with Crippen LogP contribution in [-0.4, -0.2) is 17.9 Å². The van der Waals surface area contributed by atoms with E-state index in [0.29, 0.717) is 13.0 Å². The van der Waals surface area contributed by atoms with Crippen LogP contribution in [-0.2, 0) is 11.3 Å². The standard InChI is InChI=1S/C16H20N2OS/c1-12(14-3-5-15(17)6-4-14)9-16(19)18(2)10-13-7-8-20-11-13/h3-8,11-12H,9-10,17H2,1-2H3. The lowest BCUT2D eigenvalue weighted by Crippen LogP contribution is -2.27. The molecule has 0 bridgehead atoms. The molecule has 0 radical (unpaired) electrons. The Morgan fingerprint density at radius 3 is 2.60 bits per heavy atom. The summed E-state index contributed by atoms with van der Waals surface area (Å²) in [6, 6.07) is 9.80. The van der Waals surface area contributed by atoms with Gasteiger partial charge in [-0.05, 0) is 46.0 Å². The minimum Gasteiger partial charge on any atom is -0.399 e. The molecule has 0 spiro atoms. The molecule has 2 rings (SSSR count). The van der Waals surface area contributed by atoms with Crippen LogP contribution in [0.5, 0.6) is 0 Å². The van der Waals surface area contributed by atoms with E-state index in [1.807, 2.05) is 36.7 Å². The average molecular weight is 288 g/mol. The molecule has 4 heteroatoms. The summed E-state index contributed by atoms with van der Waals surface area (Å²) >= 11 is 1.66. The molecule has 0 saturated heterocycles. The second kappa shape index (κ2) is 6.57. The first kappa shape index (κ1) is 14.6. The fourth-order valence-corrected chi connectivity index (χ4v) is 2.76. The summed E-state index contributed by atoms with van der Waals surface area (Å²) in [6.45, 7) is 2.75. The fraction of sp³-hybridized carbons (Fsp3) is 0.312. The molecule has 3 nitrogen and oxygen atoms in total. The number of hydrogen-bond acceptors (Lipinski definition) is 3. The zero-order chi connectivity index (χ0) is 14.5. The van der Waals surface area contributed by atoms with Gasteiger partial charge in [0.05, 0.1) is 0 Å². The van der Waals surface area contributed by atoms with Gasteiger partial charge in [0.25, 0.3) is 0 Å². The SMILES string of the molecule is CC(CC(=O)N(C)Cc1ccsc1)c1ccc(N)cc1. The summed E-state index contributed by atoms with van der Waals surface area (Å²) in [6.07, 6.45) is 0.518. The second-order valence-corrected chi connectivity index (χ2v) is 5.93. The van der Waals surface area contributed by atoms with Crippen LogP contribution in [0.15, 0.2) is 41.1 Å². The lowest BCUT2D eigenvalue weighted by atomic mass is 9.97. The average Bonchev–Trinajstić information content (AvgIpc) is 2.92. The molecule has 1 aromatic carbocycles. The highest BCUT2D eigenvalue weighted by Gasteiger charge is 2.15. The molecule has 0 fully saturated rings. The van der Waals surface area contributed by atoms with Gasteiger partial charge in [-0.2, -0.15) is 11.3 Å². The zero-order valence-corrected chi connectivity index (χ0v) is 12.7. The smallest absolute Gasteiger partial charge is 0.223 e. The zero-order valence-electron chi connectivity index (χ0n) is 11.9. The van der Waals surface area contributed by atoms with Gasteiger partial charge < -0.3 is 10.6 Å². The maximum Gasteiger partial charge on any atom is 0.223 e. The molecule has 2 N–H and O–H groups in total. The van der Waals surface area contributed by atoms with Gasteiger partial charge in [-0.3, -0.25) is 4.79 Å². The van der Waals surface area contributed by atoms with Gasteiger partial charge in [-0.15, -0.1) is 0 Å². The highest BCUT2D eigenvalue weighted by molar-refractivity contribution is 7.07. The van der Waals surface area contributed by atoms with Crippen molar-refractivity contribution >= 4 is 22.9 Å². The summed E-state index contributed by atoms with van der Waals surface area (Å²) in [7, 11) is 1.86. The van der Waals surface area contributed by atoms with Crippen molar-refractivity contribution in [2.75, 3.05) is 12.8 Å². The van der Waals surface area contributed by atoms with Gasteiger partial charge in [0.15, 0.2) is 0 Å². The van der Waals surface area contributed by atoms with Gasteiger partial charge >= 0.3 is 0 Å². The van der Waals surface area contributed by atoms with Crippen molar-refractivity contribution in [1.29, 1.82) is 0 Å². The molecule has 20 heavy (non-hydrogen) atoms. The Kier molecular flexibility index (Phi) is 4.79. The number of carbonyl (C=O) groups excluding carboxylic acids is 1. The molecule has 0 aliphatic rings. The predicted octanol–water partition coefficient (Wildman–Crippen LogP) is 3.48. The van der Waals surface area contributed by atoms with Crippen LogP contribution in [0.3, 0.4) is 0 Å². The third-order valence-corrected chi connectivity index (χ3v) is 4.14. The molecule has 0 aliphatic heterocycles. The van der Waals surface area contributed by atoms with Gasteiger partial charge in [-0.1, -0.05) is 19.1 Å². The first-order valence-corrected chi connectivity index (χ1v) is 7.61. The number of nitrogen functional groups attached to an aromatic ring is 1. The summed E-state index contributed by atoms with van der Waals surface area (Å²) in [5.41, 5.74) is 8.77. The van der Waals surface area contributed by atoms with E-state index in [0.717, 1.165) is 11.3 Å². The molecule has 1 atom stereocenters. The number of hydrogen-bond donors (Lipinski definition) is 1. The molecule has 0 aliphatic carbocycles. The van der Waals surface area contributed by atoms with E-state index in [-0.39, 0.29) is 11.8 Å². The van der Waals surface area contributed by atoms with E-state index in [4.69, 9.17) is 5.73 Å². The fourth-order valence-electron chi connectivity index (χ4n) is 2.10. The van der Waals surface area contributed by atoms with Crippen molar-refractivity contribution < 1.29 is 4.79 Å². The van der Waals surface area contributed by atoms with E-state index in [1.54, 1.807) is 16.2 Å². The number of nitrogens with zero attached hydrogens (tertiary/aromatic N) is 1. The van der Waals surface area contributed by atoms with E-state index < -0.39 is 0 Å². The third kappa shape index (κ3) is 3.84.